The highest BCUT2D eigenvalue weighted by Crippen LogP contribution is 2.27. The quantitative estimate of drug-likeness (QED) is 0.496. The Morgan fingerprint density at radius 3 is 2.80 bits per heavy atom. The van der Waals surface area contributed by atoms with E-state index in [0.717, 1.165) is 32.5 Å². The van der Waals surface area contributed by atoms with Crippen molar-refractivity contribution in [3.63, 3.8) is 0 Å². The van der Waals surface area contributed by atoms with Crippen LogP contribution in [-0.4, -0.2) is 28.0 Å². The molecule has 0 saturated carbocycles. The number of hydrogen-bond donors (Lipinski definition) is 1. The van der Waals surface area contributed by atoms with E-state index in [4.69, 9.17) is 0 Å². The number of halogens is 1. The third-order valence-electron chi connectivity index (χ3n) is 5.79. The first kappa shape index (κ1) is 19.2. The van der Waals surface area contributed by atoms with Crippen LogP contribution >= 0.6 is 11.3 Å². The normalized spacial score (nSPS) is 17.4. The Morgan fingerprint density at radius 2 is 2.00 bits per heavy atom. The standard InChI is InChI=1S/C24H22FN3OS/c25-20-7-8-22-21(12-20)24(29)27-23(26-22)18-2-1-10-28(14-18)13-16-3-5-17(6-4-16)19-9-11-30-15-19/h3-9,11-12,15,18H,1-2,10,13-14H2,(H,26,27,29). The number of aromatic nitrogens is 2. The molecule has 1 aliphatic rings. The van der Waals surface area contributed by atoms with Crippen LogP contribution in [0.5, 0.6) is 0 Å². The van der Waals surface area contributed by atoms with Gasteiger partial charge < -0.3 is 4.98 Å². The number of piperidine rings is 1. The summed E-state index contributed by atoms with van der Waals surface area (Å²) >= 11 is 1.71. The van der Waals surface area contributed by atoms with Gasteiger partial charge in [-0.1, -0.05) is 24.3 Å². The number of aromatic amines is 1. The van der Waals surface area contributed by atoms with Crippen LogP contribution in [-0.2, 0) is 6.54 Å². The molecule has 1 N–H and O–H groups in total. The molecule has 0 radical (unpaired) electrons. The molecule has 0 bridgehead atoms. The zero-order valence-corrected chi connectivity index (χ0v) is 17.3. The molecule has 1 atom stereocenters. The number of nitrogens with one attached hydrogen (secondary N) is 1. The molecule has 0 spiro atoms. The second-order valence-corrected chi connectivity index (χ2v) is 8.68. The third kappa shape index (κ3) is 3.93. The Morgan fingerprint density at radius 1 is 1.13 bits per heavy atom. The summed E-state index contributed by atoms with van der Waals surface area (Å²) in [6.45, 7) is 2.76. The topological polar surface area (TPSA) is 49.0 Å². The molecule has 5 rings (SSSR count). The largest absolute Gasteiger partial charge is 0.310 e. The summed E-state index contributed by atoms with van der Waals surface area (Å²) in [7, 11) is 0. The van der Waals surface area contributed by atoms with Gasteiger partial charge in [0, 0.05) is 19.0 Å². The highest BCUT2D eigenvalue weighted by molar-refractivity contribution is 7.08. The van der Waals surface area contributed by atoms with Crippen LogP contribution in [0.1, 0.15) is 30.1 Å². The number of likely N-dealkylation sites (tertiary alicyclic amines) is 1. The SMILES string of the molecule is O=c1[nH]c(C2CCCN(Cc3ccc(-c4ccsc4)cc3)C2)nc2ccc(F)cc12. The number of nitrogens with zero attached hydrogens (tertiary/aromatic N) is 2. The molecule has 4 aromatic rings. The number of fused-ring (bicyclic) bond motifs is 1. The molecular weight excluding hydrogens is 397 g/mol. The summed E-state index contributed by atoms with van der Waals surface area (Å²) in [6, 6.07) is 15.1. The Kier molecular flexibility index (Phi) is 5.19. The van der Waals surface area contributed by atoms with E-state index < -0.39 is 5.82 Å². The van der Waals surface area contributed by atoms with E-state index in [1.54, 1.807) is 17.4 Å². The van der Waals surface area contributed by atoms with Crippen LogP contribution in [0, 0.1) is 5.82 Å². The molecule has 2 aromatic heterocycles. The molecular formula is C24H22FN3OS. The third-order valence-corrected chi connectivity index (χ3v) is 6.48. The lowest BCUT2D eigenvalue weighted by Crippen LogP contribution is -2.35. The fraction of sp³-hybridized carbons (Fsp3) is 0.250. The van der Waals surface area contributed by atoms with Crippen molar-refractivity contribution in [3.8, 4) is 11.1 Å². The van der Waals surface area contributed by atoms with Crippen molar-refractivity contribution in [1.82, 2.24) is 14.9 Å². The van der Waals surface area contributed by atoms with E-state index in [1.807, 2.05) is 0 Å². The van der Waals surface area contributed by atoms with E-state index >= 15 is 0 Å². The van der Waals surface area contributed by atoms with Crippen LogP contribution in [0.2, 0.25) is 0 Å². The van der Waals surface area contributed by atoms with Crippen molar-refractivity contribution in [2.75, 3.05) is 13.1 Å². The van der Waals surface area contributed by atoms with Gasteiger partial charge in [-0.3, -0.25) is 9.69 Å². The molecule has 0 aliphatic carbocycles. The molecule has 1 unspecified atom stereocenters. The zero-order valence-electron chi connectivity index (χ0n) is 16.5. The maximum absolute atomic E-state index is 13.4. The average molecular weight is 420 g/mol. The number of benzene rings is 2. The molecule has 2 aromatic carbocycles. The summed E-state index contributed by atoms with van der Waals surface area (Å²) in [5.74, 6) is 0.457. The highest BCUT2D eigenvalue weighted by Gasteiger charge is 2.24. The summed E-state index contributed by atoms with van der Waals surface area (Å²) in [5, 5.41) is 4.56. The van der Waals surface area contributed by atoms with Gasteiger partial charge in [-0.25, -0.2) is 9.37 Å². The second kappa shape index (κ2) is 8.13. The van der Waals surface area contributed by atoms with E-state index in [1.165, 1.54) is 28.8 Å². The lowest BCUT2D eigenvalue weighted by molar-refractivity contribution is 0.196. The molecule has 1 aliphatic heterocycles. The number of rotatable bonds is 4. The van der Waals surface area contributed by atoms with Crippen molar-refractivity contribution < 1.29 is 4.39 Å². The fourth-order valence-electron chi connectivity index (χ4n) is 4.23. The molecule has 1 saturated heterocycles. The predicted molar refractivity (Wildman–Crippen MR) is 119 cm³/mol. The Balaban J connectivity index is 1.32. The molecule has 0 amide bonds. The van der Waals surface area contributed by atoms with E-state index in [0.29, 0.717) is 16.7 Å². The monoisotopic (exact) mass is 419 g/mol. The van der Waals surface area contributed by atoms with Crippen molar-refractivity contribution >= 4 is 22.2 Å². The van der Waals surface area contributed by atoms with Crippen molar-refractivity contribution in [2.45, 2.75) is 25.3 Å². The Hall–Kier alpha value is -2.83. The fourth-order valence-corrected chi connectivity index (χ4v) is 4.90. The minimum Gasteiger partial charge on any atom is -0.310 e. The Bertz CT molecular complexity index is 1220. The number of hydrogen-bond acceptors (Lipinski definition) is 4. The zero-order chi connectivity index (χ0) is 20.5. The molecule has 6 heteroatoms. The highest BCUT2D eigenvalue weighted by atomic mass is 32.1. The lowest BCUT2D eigenvalue weighted by atomic mass is 9.96. The average Bonchev–Trinajstić information content (AvgIpc) is 3.30. The first-order valence-electron chi connectivity index (χ1n) is 10.2. The van der Waals surface area contributed by atoms with Gasteiger partial charge in [0.2, 0.25) is 0 Å². The summed E-state index contributed by atoms with van der Waals surface area (Å²) < 4.78 is 13.4. The predicted octanol–water partition coefficient (Wildman–Crippen LogP) is 5.17. The van der Waals surface area contributed by atoms with Crippen LogP contribution < -0.4 is 5.56 Å². The van der Waals surface area contributed by atoms with Gasteiger partial charge in [-0.2, -0.15) is 11.3 Å². The van der Waals surface area contributed by atoms with Crippen LogP contribution in [0.25, 0.3) is 22.0 Å². The van der Waals surface area contributed by atoms with Crippen molar-refractivity contribution in [3.05, 3.63) is 86.8 Å². The van der Waals surface area contributed by atoms with Gasteiger partial charge in [0.15, 0.2) is 0 Å². The lowest BCUT2D eigenvalue weighted by Gasteiger charge is -2.32. The van der Waals surface area contributed by atoms with Gasteiger partial charge >= 0.3 is 0 Å². The van der Waals surface area contributed by atoms with Crippen LogP contribution in [0.15, 0.2) is 64.1 Å². The molecule has 1 fully saturated rings. The molecule has 3 heterocycles. The summed E-state index contributed by atoms with van der Waals surface area (Å²) in [4.78, 5) is 22.4. The number of H-pyrrole nitrogens is 1. The minimum absolute atomic E-state index is 0.172. The maximum atomic E-state index is 13.4. The maximum Gasteiger partial charge on any atom is 0.258 e. The molecule has 152 valence electrons. The molecule has 4 nitrogen and oxygen atoms in total. The van der Waals surface area contributed by atoms with Crippen molar-refractivity contribution in [1.29, 1.82) is 0 Å². The van der Waals surface area contributed by atoms with Gasteiger partial charge in [0.25, 0.3) is 5.56 Å². The molecule has 30 heavy (non-hydrogen) atoms. The van der Waals surface area contributed by atoms with Crippen molar-refractivity contribution in [2.24, 2.45) is 0 Å². The van der Waals surface area contributed by atoms with Gasteiger partial charge in [0.05, 0.1) is 10.9 Å². The first-order valence-corrected chi connectivity index (χ1v) is 11.1. The van der Waals surface area contributed by atoms with E-state index in [-0.39, 0.29) is 11.5 Å². The van der Waals surface area contributed by atoms with Gasteiger partial charge in [-0.05, 0) is 71.1 Å². The Labute approximate surface area is 178 Å². The smallest absolute Gasteiger partial charge is 0.258 e. The summed E-state index contributed by atoms with van der Waals surface area (Å²) in [6.07, 6.45) is 2.05. The van der Waals surface area contributed by atoms with E-state index in [2.05, 4.69) is 56.0 Å². The van der Waals surface area contributed by atoms with E-state index in [9.17, 15) is 9.18 Å². The first-order chi connectivity index (χ1) is 14.7. The van der Waals surface area contributed by atoms with Crippen LogP contribution in [0.3, 0.4) is 0 Å². The van der Waals surface area contributed by atoms with Gasteiger partial charge in [-0.15, -0.1) is 0 Å². The van der Waals surface area contributed by atoms with Crippen LogP contribution in [0.4, 0.5) is 4.39 Å². The summed E-state index contributed by atoms with van der Waals surface area (Å²) in [5.41, 5.74) is 4.07. The second-order valence-electron chi connectivity index (χ2n) is 7.90. The van der Waals surface area contributed by atoms with Gasteiger partial charge in [0.1, 0.15) is 11.6 Å². The minimum atomic E-state index is -0.420. The number of thiophene rings is 1.